The Kier molecular flexibility index (Phi) is 5.17. The SMILES string of the molecule is Cc1cccc(NC(=O)CN2C(=O)N/C(=C\c3ccc(-c4ccccc4)o3)C2=O)c1. The number of anilines is 1. The predicted octanol–water partition coefficient (Wildman–Crippen LogP) is 3.79. The number of furan rings is 1. The number of nitrogens with one attached hydrogen (secondary N) is 2. The van der Waals surface area contributed by atoms with Gasteiger partial charge in [-0.05, 0) is 36.8 Å². The van der Waals surface area contributed by atoms with Crippen molar-refractivity contribution in [3.05, 3.63) is 83.8 Å². The minimum atomic E-state index is -0.652. The molecule has 3 aromatic rings. The topological polar surface area (TPSA) is 91.7 Å². The van der Waals surface area contributed by atoms with Crippen LogP contribution in [0.25, 0.3) is 17.4 Å². The van der Waals surface area contributed by atoms with E-state index in [1.807, 2.05) is 49.4 Å². The average Bonchev–Trinajstić information content (AvgIpc) is 3.29. The van der Waals surface area contributed by atoms with E-state index < -0.39 is 17.8 Å². The van der Waals surface area contributed by atoms with Gasteiger partial charge in [0.25, 0.3) is 5.91 Å². The Morgan fingerprint density at radius 2 is 1.87 bits per heavy atom. The van der Waals surface area contributed by atoms with Crippen molar-refractivity contribution >= 4 is 29.6 Å². The maximum atomic E-state index is 12.6. The number of carbonyl (C=O) groups is 3. The highest BCUT2D eigenvalue weighted by molar-refractivity contribution is 6.15. The van der Waals surface area contributed by atoms with Crippen molar-refractivity contribution in [2.45, 2.75) is 6.92 Å². The summed E-state index contributed by atoms with van der Waals surface area (Å²) in [6.07, 6.45) is 1.45. The molecule has 2 aromatic carbocycles. The van der Waals surface area contributed by atoms with E-state index in [2.05, 4.69) is 10.6 Å². The van der Waals surface area contributed by atoms with Gasteiger partial charge in [-0.1, -0.05) is 42.5 Å². The zero-order valence-electron chi connectivity index (χ0n) is 16.2. The molecule has 7 nitrogen and oxygen atoms in total. The lowest BCUT2D eigenvalue weighted by Crippen LogP contribution is -2.38. The second-order valence-corrected chi connectivity index (χ2v) is 6.87. The van der Waals surface area contributed by atoms with E-state index in [1.54, 1.807) is 24.3 Å². The fourth-order valence-electron chi connectivity index (χ4n) is 3.11. The molecule has 2 N–H and O–H groups in total. The summed E-state index contributed by atoms with van der Waals surface area (Å²) < 4.78 is 5.74. The normalized spacial score (nSPS) is 14.8. The first kappa shape index (κ1) is 19.2. The Morgan fingerprint density at radius 3 is 2.63 bits per heavy atom. The van der Waals surface area contributed by atoms with E-state index in [0.717, 1.165) is 16.0 Å². The van der Waals surface area contributed by atoms with Gasteiger partial charge < -0.3 is 15.1 Å². The third-order valence-corrected chi connectivity index (χ3v) is 4.54. The van der Waals surface area contributed by atoms with Crippen LogP contribution in [-0.2, 0) is 9.59 Å². The van der Waals surface area contributed by atoms with Crippen LogP contribution in [0.5, 0.6) is 0 Å². The molecule has 0 spiro atoms. The predicted molar refractivity (Wildman–Crippen MR) is 112 cm³/mol. The molecule has 2 heterocycles. The van der Waals surface area contributed by atoms with E-state index in [4.69, 9.17) is 4.42 Å². The van der Waals surface area contributed by atoms with Gasteiger partial charge in [0.05, 0.1) is 0 Å². The third kappa shape index (κ3) is 4.15. The molecule has 1 aromatic heterocycles. The van der Waals surface area contributed by atoms with Gasteiger partial charge >= 0.3 is 6.03 Å². The van der Waals surface area contributed by atoms with Crippen molar-refractivity contribution in [2.75, 3.05) is 11.9 Å². The Morgan fingerprint density at radius 1 is 1.07 bits per heavy atom. The van der Waals surface area contributed by atoms with Crippen LogP contribution >= 0.6 is 0 Å². The van der Waals surface area contributed by atoms with Crippen LogP contribution in [0.1, 0.15) is 11.3 Å². The van der Waals surface area contributed by atoms with E-state index in [1.165, 1.54) is 6.08 Å². The Hall–Kier alpha value is -4.13. The fraction of sp³-hybridized carbons (Fsp3) is 0.0870. The summed E-state index contributed by atoms with van der Waals surface area (Å²) in [5, 5.41) is 5.17. The first-order valence-corrected chi connectivity index (χ1v) is 9.36. The summed E-state index contributed by atoms with van der Waals surface area (Å²) >= 11 is 0. The molecule has 4 amide bonds. The maximum Gasteiger partial charge on any atom is 0.329 e. The van der Waals surface area contributed by atoms with Gasteiger partial charge in [-0.2, -0.15) is 0 Å². The molecule has 150 valence electrons. The zero-order valence-corrected chi connectivity index (χ0v) is 16.2. The molecule has 1 fully saturated rings. The third-order valence-electron chi connectivity index (χ3n) is 4.54. The monoisotopic (exact) mass is 401 g/mol. The molecule has 0 unspecified atom stereocenters. The number of nitrogens with zero attached hydrogens (tertiary/aromatic N) is 1. The van der Waals surface area contributed by atoms with Gasteiger partial charge in [0, 0.05) is 17.3 Å². The minimum absolute atomic E-state index is 0.0531. The van der Waals surface area contributed by atoms with E-state index in [-0.39, 0.29) is 12.2 Å². The standard InChI is InChI=1S/C23H19N3O4/c1-15-6-5-9-17(12-15)24-21(27)14-26-22(28)19(25-23(26)29)13-18-10-11-20(30-18)16-7-3-2-4-8-16/h2-13H,14H2,1H3,(H,24,27)(H,25,29)/b19-13-. The second-order valence-electron chi connectivity index (χ2n) is 6.87. The number of rotatable bonds is 5. The lowest BCUT2D eigenvalue weighted by atomic mass is 10.2. The molecule has 0 saturated carbocycles. The number of urea groups is 1. The van der Waals surface area contributed by atoms with Gasteiger partial charge in [0.15, 0.2) is 0 Å². The lowest BCUT2D eigenvalue weighted by Gasteiger charge is -2.12. The molecule has 1 aliphatic heterocycles. The number of hydrogen-bond acceptors (Lipinski definition) is 4. The molecule has 0 atom stereocenters. The Bertz CT molecular complexity index is 1150. The van der Waals surface area contributed by atoms with Crippen molar-refractivity contribution in [1.29, 1.82) is 0 Å². The summed E-state index contributed by atoms with van der Waals surface area (Å²) in [7, 11) is 0. The van der Waals surface area contributed by atoms with Crippen molar-refractivity contribution in [3.63, 3.8) is 0 Å². The highest BCUT2D eigenvalue weighted by Crippen LogP contribution is 2.24. The van der Waals surface area contributed by atoms with Gasteiger partial charge in [-0.25, -0.2) is 9.69 Å². The van der Waals surface area contributed by atoms with Crippen molar-refractivity contribution < 1.29 is 18.8 Å². The van der Waals surface area contributed by atoms with E-state index in [0.29, 0.717) is 17.2 Å². The van der Waals surface area contributed by atoms with Crippen LogP contribution in [0, 0.1) is 6.92 Å². The summed E-state index contributed by atoms with van der Waals surface area (Å²) in [6, 6.07) is 19.6. The van der Waals surface area contributed by atoms with Crippen LogP contribution < -0.4 is 10.6 Å². The fourth-order valence-corrected chi connectivity index (χ4v) is 3.11. The molecular weight excluding hydrogens is 382 g/mol. The summed E-state index contributed by atoms with van der Waals surface area (Å²) in [4.78, 5) is 37.9. The van der Waals surface area contributed by atoms with Gasteiger partial charge in [-0.15, -0.1) is 0 Å². The number of carbonyl (C=O) groups excluding carboxylic acids is 3. The molecule has 4 rings (SSSR count). The number of imide groups is 1. The highest BCUT2D eigenvalue weighted by atomic mass is 16.3. The van der Waals surface area contributed by atoms with Crippen molar-refractivity contribution in [3.8, 4) is 11.3 Å². The number of hydrogen-bond donors (Lipinski definition) is 2. The summed E-state index contributed by atoms with van der Waals surface area (Å²) in [6.45, 7) is 1.52. The maximum absolute atomic E-state index is 12.6. The van der Waals surface area contributed by atoms with Crippen molar-refractivity contribution in [1.82, 2.24) is 10.2 Å². The van der Waals surface area contributed by atoms with Gasteiger partial charge in [0.1, 0.15) is 23.8 Å². The molecule has 1 saturated heterocycles. The molecule has 0 bridgehead atoms. The van der Waals surface area contributed by atoms with Crippen LogP contribution in [0.3, 0.4) is 0 Å². The van der Waals surface area contributed by atoms with Crippen LogP contribution in [-0.4, -0.2) is 29.3 Å². The quantitative estimate of drug-likeness (QED) is 0.503. The summed E-state index contributed by atoms with van der Waals surface area (Å²) in [5.74, 6) is 0.0175. The van der Waals surface area contributed by atoms with E-state index in [9.17, 15) is 14.4 Å². The zero-order chi connectivity index (χ0) is 21.1. The first-order valence-electron chi connectivity index (χ1n) is 9.36. The molecule has 0 aliphatic carbocycles. The average molecular weight is 401 g/mol. The molecule has 1 aliphatic rings. The molecule has 0 radical (unpaired) electrons. The first-order chi connectivity index (χ1) is 14.5. The largest absolute Gasteiger partial charge is 0.457 e. The number of aryl methyl sites for hydroxylation is 1. The lowest BCUT2D eigenvalue weighted by molar-refractivity contribution is -0.127. The molecular formula is C23H19N3O4. The van der Waals surface area contributed by atoms with E-state index >= 15 is 0 Å². The Labute approximate surface area is 173 Å². The molecule has 30 heavy (non-hydrogen) atoms. The highest BCUT2D eigenvalue weighted by Gasteiger charge is 2.35. The van der Waals surface area contributed by atoms with Crippen molar-refractivity contribution in [2.24, 2.45) is 0 Å². The van der Waals surface area contributed by atoms with Crippen LogP contribution in [0.2, 0.25) is 0 Å². The number of benzene rings is 2. The smallest absolute Gasteiger partial charge is 0.329 e. The summed E-state index contributed by atoms with van der Waals surface area (Å²) in [5.41, 5.74) is 2.55. The van der Waals surface area contributed by atoms with Crippen LogP contribution in [0.4, 0.5) is 10.5 Å². The minimum Gasteiger partial charge on any atom is -0.457 e. The number of amides is 4. The van der Waals surface area contributed by atoms with Gasteiger partial charge in [0.2, 0.25) is 5.91 Å². The second kappa shape index (κ2) is 8.08. The molecule has 7 heteroatoms. The van der Waals surface area contributed by atoms with Gasteiger partial charge in [-0.3, -0.25) is 9.59 Å². The van der Waals surface area contributed by atoms with Crippen LogP contribution in [0.15, 0.2) is 76.8 Å². The Balaban J connectivity index is 1.45.